The molecule has 3 aromatic rings. The second kappa shape index (κ2) is 11.0. The summed E-state index contributed by atoms with van der Waals surface area (Å²) in [5, 5.41) is 0. The van der Waals surface area contributed by atoms with Crippen molar-refractivity contribution in [1.82, 2.24) is 4.57 Å². The lowest BCUT2D eigenvalue weighted by atomic mass is 9.96. The zero-order chi connectivity index (χ0) is 20.5. The van der Waals surface area contributed by atoms with Crippen molar-refractivity contribution in [2.75, 3.05) is 0 Å². The van der Waals surface area contributed by atoms with Crippen LogP contribution in [0.5, 0.6) is 0 Å². The van der Waals surface area contributed by atoms with E-state index < -0.39 is 0 Å². The highest BCUT2D eigenvalue weighted by atomic mass is 15.1. The Labute approximate surface area is 177 Å². The molecule has 1 unspecified atom stereocenters. The molecule has 0 bridgehead atoms. The Morgan fingerprint density at radius 1 is 0.862 bits per heavy atom. The number of nitrogens with zero attached hydrogens (tertiary/aromatic N) is 2. The number of hydrogen-bond acceptors (Lipinski definition) is 0. The quantitative estimate of drug-likeness (QED) is 0.272. The average Bonchev–Trinajstić information content (AvgIpc) is 3.03. The maximum atomic E-state index is 2.61. The molecular weight excluding hydrogens is 352 g/mol. The van der Waals surface area contributed by atoms with Gasteiger partial charge < -0.3 is 0 Å². The molecule has 1 aromatic heterocycles. The molecule has 29 heavy (non-hydrogen) atoms. The Morgan fingerprint density at radius 3 is 2.21 bits per heavy atom. The third-order valence-corrected chi connectivity index (χ3v) is 5.98. The Balaban J connectivity index is 1.81. The highest BCUT2D eigenvalue weighted by molar-refractivity contribution is 5.22. The number of imidazole rings is 1. The number of aryl methyl sites for hydroxylation is 1. The zero-order valence-electron chi connectivity index (χ0n) is 18.5. The van der Waals surface area contributed by atoms with Gasteiger partial charge in [-0.25, -0.2) is 9.13 Å². The largest absolute Gasteiger partial charge is 0.260 e. The first-order valence-electron chi connectivity index (χ1n) is 11.3. The molecule has 2 nitrogen and oxygen atoms in total. The van der Waals surface area contributed by atoms with E-state index in [4.69, 9.17) is 0 Å². The standard InChI is InChI=1S/C27H37N2/c1-4-5-6-7-14-19-29-26(20-23(2)25-17-12-9-13-18-25)22-28(3)27(29)21-24-15-10-8-11-16-24/h8-13,15-18,22-23H,4-7,14,19-21H2,1-3H3/q+1. The minimum atomic E-state index is 0.523. The molecule has 0 saturated carbocycles. The molecule has 0 N–H and O–H groups in total. The van der Waals surface area contributed by atoms with Crippen molar-refractivity contribution in [3.8, 4) is 0 Å². The Bertz CT molecular complexity index is 849. The van der Waals surface area contributed by atoms with Crippen molar-refractivity contribution in [3.05, 3.63) is 89.5 Å². The second-order valence-electron chi connectivity index (χ2n) is 8.39. The molecule has 0 amide bonds. The van der Waals surface area contributed by atoms with Gasteiger partial charge in [-0.15, -0.1) is 0 Å². The molecule has 0 aliphatic carbocycles. The molecule has 154 valence electrons. The lowest BCUT2D eigenvalue weighted by Crippen LogP contribution is -2.32. The Hall–Kier alpha value is -2.35. The molecule has 2 aromatic carbocycles. The van der Waals surface area contributed by atoms with Crippen molar-refractivity contribution in [3.63, 3.8) is 0 Å². The van der Waals surface area contributed by atoms with Crippen molar-refractivity contribution in [1.29, 1.82) is 0 Å². The first-order chi connectivity index (χ1) is 14.2. The van der Waals surface area contributed by atoms with Crippen LogP contribution in [0.2, 0.25) is 0 Å². The van der Waals surface area contributed by atoms with Crippen LogP contribution >= 0.6 is 0 Å². The van der Waals surface area contributed by atoms with E-state index in [1.165, 1.54) is 54.7 Å². The highest BCUT2D eigenvalue weighted by Crippen LogP contribution is 2.22. The lowest BCUT2D eigenvalue weighted by molar-refractivity contribution is -0.678. The summed E-state index contributed by atoms with van der Waals surface area (Å²) in [6.07, 6.45) is 11.0. The Kier molecular flexibility index (Phi) is 8.10. The van der Waals surface area contributed by atoms with Crippen molar-refractivity contribution >= 4 is 0 Å². The summed E-state index contributed by atoms with van der Waals surface area (Å²) in [6.45, 7) is 5.77. The fraction of sp³-hybridized carbons (Fsp3) is 0.444. The molecule has 0 aliphatic heterocycles. The minimum absolute atomic E-state index is 0.523. The molecule has 0 fully saturated rings. The number of aromatic nitrogens is 2. The fourth-order valence-corrected chi connectivity index (χ4v) is 4.24. The van der Waals surface area contributed by atoms with Gasteiger partial charge in [-0.3, -0.25) is 0 Å². The molecule has 0 radical (unpaired) electrons. The van der Waals surface area contributed by atoms with Gasteiger partial charge in [0.05, 0.1) is 20.0 Å². The van der Waals surface area contributed by atoms with E-state index in [0.717, 1.165) is 19.4 Å². The first-order valence-corrected chi connectivity index (χ1v) is 11.3. The van der Waals surface area contributed by atoms with Crippen LogP contribution < -0.4 is 4.57 Å². The number of hydrogen-bond donors (Lipinski definition) is 0. The molecule has 0 aliphatic rings. The van der Waals surface area contributed by atoms with Gasteiger partial charge in [0.1, 0.15) is 11.9 Å². The van der Waals surface area contributed by atoms with E-state index in [0.29, 0.717) is 5.92 Å². The van der Waals surface area contributed by atoms with E-state index in [1.807, 2.05) is 0 Å². The van der Waals surface area contributed by atoms with Crippen LogP contribution in [-0.2, 0) is 26.4 Å². The average molecular weight is 390 g/mol. The van der Waals surface area contributed by atoms with Gasteiger partial charge in [-0.05, 0) is 29.9 Å². The van der Waals surface area contributed by atoms with Gasteiger partial charge in [0.15, 0.2) is 0 Å². The van der Waals surface area contributed by atoms with Crippen LogP contribution in [0.25, 0.3) is 0 Å². The predicted octanol–water partition coefficient (Wildman–Crippen LogP) is 6.22. The summed E-state index contributed by atoms with van der Waals surface area (Å²) in [5.41, 5.74) is 4.27. The molecule has 0 saturated heterocycles. The molecule has 1 atom stereocenters. The summed E-state index contributed by atoms with van der Waals surface area (Å²) < 4.78 is 4.96. The maximum absolute atomic E-state index is 2.61. The van der Waals surface area contributed by atoms with Crippen LogP contribution in [0, 0.1) is 0 Å². The van der Waals surface area contributed by atoms with Gasteiger partial charge in [-0.2, -0.15) is 0 Å². The van der Waals surface area contributed by atoms with Crippen LogP contribution in [-0.4, -0.2) is 4.57 Å². The summed E-state index contributed by atoms with van der Waals surface area (Å²) >= 11 is 0. The van der Waals surface area contributed by atoms with Crippen LogP contribution in [0.3, 0.4) is 0 Å². The third-order valence-electron chi connectivity index (χ3n) is 5.98. The normalized spacial score (nSPS) is 12.2. The van der Waals surface area contributed by atoms with Crippen molar-refractivity contribution < 1.29 is 4.57 Å². The fourth-order valence-electron chi connectivity index (χ4n) is 4.24. The molecule has 3 rings (SSSR count). The molecule has 2 heteroatoms. The SMILES string of the molecule is CCCCCCCn1c(CC(C)c2ccccc2)c[n+](C)c1Cc1ccccc1. The molecule has 1 heterocycles. The molecule has 0 spiro atoms. The van der Waals surface area contributed by atoms with Crippen LogP contribution in [0.1, 0.15) is 74.5 Å². The van der Waals surface area contributed by atoms with Gasteiger partial charge in [-0.1, -0.05) is 93.8 Å². The highest BCUT2D eigenvalue weighted by Gasteiger charge is 2.23. The van der Waals surface area contributed by atoms with E-state index in [1.54, 1.807) is 0 Å². The smallest absolute Gasteiger partial charge is 0.236 e. The van der Waals surface area contributed by atoms with Crippen LogP contribution in [0.15, 0.2) is 66.9 Å². The number of benzene rings is 2. The summed E-state index contributed by atoms with van der Waals surface area (Å²) in [6, 6.07) is 21.8. The van der Waals surface area contributed by atoms with Gasteiger partial charge in [0.25, 0.3) is 5.82 Å². The van der Waals surface area contributed by atoms with E-state index in [-0.39, 0.29) is 0 Å². The first kappa shape index (κ1) is 21.4. The number of rotatable bonds is 11. The van der Waals surface area contributed by atoms with Crippen molar-refractivity contribution in [2.24, 2.45) is 7.05 Å². The minimum Gasteiger partial charge on any atom is -0.236 e. The second-order valence-corrected chi connectivity index (χ2v) is 8.39. The maximum Gasteiger partial charge on any atom is 0.260 e. The van der Waals surface area contributed by atoms with Gasteiger partial charge in [0.2, 0.25) is 0 Å². The predicted molar refractivity (Wildman–Crippen MR) is 122 cm³/mol. The summed E-state index contributed by atoms with van der Waals surface area (Å²) in [4.78, 5) is 0. The Morgan fingerprint density at radius 2 is 1.52 bits per heavy atom. The van der Waals surface area contributed by atoms with Crippen LogP contribution in [0.4, 0.5) is 0 Å². The van der Waals surface area contributed by atoms with E-state index >= 15 is 0 Å². The van der Waals surface area contributed by atoms with Gasteiger partial charge in [0, 0.05) is 6.42 Å². The monoisotopic (exact) mass is 389 g/mol. The lowest BCUT2D eigenvalue weighted by Gasteiger charge is -2.12. The van der Waals surface area contributed by atoms with Crippen molar-refractivity contribution in [2.45, 2.75) is 71.3 Å². The summed E-state index contributed by atoms with van der Waals surface area (Å²) in [5.74, 6) is 1.94. The third kappa shape index (κ3) is 6.06. The van der Waals surface area contributed by atoms with E-state index in [9.17, 15) is 0 Å². The zero-order valence-corrected chi connectivity index (χ0v) is 18.5. The topological polar surface area (TPSA) is 8.81 Å². The molecular formula is C27H37N2+. The van der Waals surface area contributed by atoms with E-state index in [2.05, 4.69) is 96.9 Å². The summed E-state index contributed by atoms with van der Waals surface area (Å²) in [7, 11) is 2.21. The van der Waals surface area contributed by atoms with Gasteiger partial charge >= 0.3 is 0 Å². The number of unbranched alkanes of at least 4 members (excludes halogenated alkanes) is 4.